The zero-order valence-electron chi connectivity index (χ0n) is 11.3. The quantitative estimate of drug-likeness (QED) is 0.854. The highest BCUT2D eigenvalue weighted by Gasteiger charge is 2.18. The van der Waals surface area contributed by atoms with Crippen LogP contribution in [0.15, 0.2) is 6.07 Å². The van der Waals surface area contributed by atoms with Crippen LogP contribution in [0.2, 0.25) is 5.28 Å². The number of aryl methyl sites for hydroxylation is 1. The van der Waals surface area contributed by atoms with Gasteiger partial charge in [-0.1, -0.05) is 0 Å². The summed E-state index contributed by atoms with van der Waals surface area (Å²) in [5.41, 5.74) is 1.03. The Morgan fingerprint density at radius 1 is 1.58 bits per heavy atom. The maximum atomic E-state index is 12.0. The first kappa shape index (κ1) is 14.2. The Balaban J connectivity index is 1.90. The van der Waals surface area contributed by atoms with E-state index in [0.717, 1.165) is 19.5 Å². The van der Waals surface area contributed by atoms with Crippen molar-refractivity contribution >= 4 is 17.5 Å². The monoisotopic (exact) mass is 282 g/mol. The summed E-state index contributed by atoms with van der Waals surface area (Å²) in [4.78, 5) is 22.2. The molecule has 0 saturated carbocycles. The maximum absolute atomic E-state index is 12.0. The molecule has 1 aliphatic heterocycles. The van der Waals surface area contributed by atoms with E-state index < -0.39 is 0 Å². The SMILES string of the molecule is Cc1cc(C(=O)NCC2CCCN(C)C2)nc(Cl)n1. The smallest absolute Gasteiger partial charge is 0.270 e. The summed E-state index contributed by atoms with van der Waals surface area (Å²) in [5, 5.41) is 3.04. The lowest BCUT2D eigenvalue weighted by atomic mass is 9.98. The molecule has 1 aromatic rings. The van der Waals surface area contributed by atoms with Crippen molar-refractivity contribution in [1.29, 1.82) is 0 Å². The second-order valence-electron chi connectivity index (χ2n) is 5.14. The fraction of sp³-hybridized carbons (Fsp3) is 0.615. The van der Waals surface area contributed by atoms with E-state index in [1.807, 2.05) is 0 Å². The lowest BCUT2D eigenvalue weighted by molar-refractivity contribution is 0.0931. The van der Waals surface area contributed by atoms with Gasteiger partial charge in [-0.25, -0.2) is 9.97 Å². The van der Waals surface area contributed by atoms with Gasteiger partial charge in [0.05, 0.1) is 0 Å². The van der Waals surface area contributed by atoms with Crippen LogP contribution in [0.3, 0.4) is 0 Å². The zero-order chi connectivity index (χ0) is 13.8. The third-order valence-electron chi connectivity index (χ3n) is 3.33. The van der Waals surface area contributed by atoms with Gasteiger partial charge >= 0.3 is 0 Å². The molecule has 5 nitrogen and oxygen atoms in total. The van der Waals surface area contributed by atoms with Crippen molar-refractivity contribution in [3.8, 4) is 0 Å². The molecule has 1 N–H and O–H groups in total. The molecule has 2 heterocycles. The number of nitrogens with one attached hydrogen (secondary N) is 1. The van der Waals surface area contributed by atoms with Gasteiger partial charge in [0, 0.05) is 18.8 Å². The van der Waals surface area contributed by atoms with Gasteiger partial charge in [-0.05, 0) is 56.9 Å². The number of aromatic nitrogens is 2. The van der Waals surface area contributed by atoms with Crippen LogP contribution in [0.5, 0.6) is 0 Å². The van der Waals surface area contributed by atoms with Crippen LogP contribution in [-0.2, 0) is 0 Å². The molecule has 1 fully saturated rings. The van der Waals surface area contributed by atoms with Crippen molar-refractivity contribution in [2.45, 2.75) is 19.8 Å². The minimum atomic E-state index is -0.180. The maximum Gasteiger partial charge on any atom is 0.270 e. The van der Waals surface area contributed by atoms with Crippen LogP contribution >= 0.6 is 11.6 Å². The number of carbonyl (C=O) groups is 1. The Kier molecular flexibility index (Phi) is 4.71. The summed E-state index contributed by atoms with van der Waals surface area (Å²) in [6.45, 7) is 4.65. The summed E-state index contributed by atoms with van der Waals surface area (Å²) in [5.74, 6) is 0.335. The highest BCUT2D eigenvalue weighted by Crippen LogP contribution is 2.14. The van der Waals surface area contributed by atoms with Gasteiger partial charge in [0.25, 0.3) is 5.91 Å². The molecule has 0 radical (unpaired) electrons. The molecule has 2 rings (SSSR count). The molecule has 6 heteroatoms. The molecule has 104 valence electrons. The topological polar surface area (TPSA) is 58.1 Å². The molecule has 1 atom stereocenters. The molecule has 0 bridgehead atoms. The molecular formula is C13H19ClN4O. The standard InChI is InChI=1S/C13H19ClN4O/c1-9-6-11(17-13(14)16-9)12(19)15-7-10-4-3-5-18(2)8-10/h6,10H,3-5,7-8H2,1-2H3,(H,15,19). The van der Waals surface area contributed by atoms with E-state index >= 15 is 0 Å². The Hall–Kier alpha value is -1.20. The summed E-state index contributed by atoms with van der Waals surface area (Å²) in [6, 6.07) is 1.65. The van der Waals surface area contributed by atoms with Gasteiger partial charge in [0.1, 0.15) is 5.69 Å². The van der Waals surface area contributed by atoms with Crippen molar-refractivity contribution in [2.24, 2.45) is 5.92 Å². The third-order valence-corrected chi connectivity index (χ3v) is 3.50. The molecule has 0 aromatic carbocycles. The molecule has 19 heavy (non-hydrogen) atoms. The normalized spacial score (nSPS) is 20.3. The Morgan fingerprint density at radius 3 is 3.05 bits per heavy atom. The molecule has 1 aliphatic rings. The molecular weight excluding hydrogens is 264 g/mol. The van der Waals surface area contributed by atoms with E-state index in [2.05, 4.69) is 27.2 Å². The largest absolute Gasteiger partial charge is 0.350 e. The van der Waals surface area contributed by atoms with Crippen LogP contribution in [0.25, 0.3) is 0 Å². The third kappa shape index (κ3) is 4.14. The molecule has 1 aromatic heterocycles. The molecule has 0 spiro atoms. The van der Waals surface area contributed by atoms with E-state index in [9.17, 15) is 4.79 Å². The summed E-state index contributed by atoms with van der Waals surface area (Å²) < 4.78 is 0. The first-order valence-electron chi connectivity index (χ1n) is 6.52. The highest BCUT2D eigenvalue weighted by molar-refractivity contribution is 6.28. The number of halogens is 1. The molecule has 0 aliphatic carbocycles. The number of hydrogen-bond acceptors (Lipinski definition) is 4. The Morgan fingerprint density at radius 2 is 2.37 bits per heavy atom. The van der Waals surface area contributed by atoms with Crippen molar-refractivity contribution < 1.29 is 4.79 Å². The van der Waals surface area contributed by atoms with E-state index in [-0.39, 0.29) is 11.2 Å². The first-order chi connectivity index (χ1) is 9.04. The minimum absolute atomic E-state index is 0.113. The lowest BCUT2D eigenvalue weighted by Gasteiger charge is -2.29. The molecule has 1 saturated heterocycles. The number of hydrogen-bond donors (Lipinski definition) is 1. The number of rotatable bonds is 3. The summed E-state index contributed by atoms with van der Waals surface area (Å²) in [7, 11) is 2.11. The Bertz CT molecular complexity index is 446. The van der Waals surface area contributed by atoms with Crippen LogP contribution in [0, 0.1) is 12.8 Å². The van der Waals surface area contributed by atoms with E-state index in [1.54, 1.807) is 13.0 Å². The molecule has 1 unspecified atom stereocenters. The molecule has 1 amide bonds. The number of nitrogens with zero attached hydrogens (tertiary/aromatic N) is 3. The van der Waals surface area contributed by atoms with E-state index in [4.69, 9.17) is 11.6 Å². The number of piperidine rings is 1. The van der Waals surface area contributed by atoms with Crippen molar-refractivity contribution in [3.05, 3.63) is 22.7 Å². The van der Waals surface area contributed by atoms with Crippen LogP contribution in [0.1, 0.15) is 29.0 Å². The summed E-state index contributed by atoms with van der Waals surface area (Å²) >= 11 is 5.75. The fourth-order valence-corrected chi connectivity index (χ4v) is 2.64. The number of amides is 1. The lowest BCUT2D eigenvalue weighted by Crippen LogP contribution is -2.39. The van der Waals surface area contributed by atoms with Crippen LogP contribution in [0.4, 0.5) is 0 Å². The van der Waals surface area contributed by atoms with Crippen molar-refractivity contribution in [2.75, 3.05) is 26.7 Å². The highest BCUT2D eigenvalue weighted by atomic mass is 35.5. The van der Waals surface area contributed by atoms with Gasteiger partial charge < -0.3 is 10.2 Å². The zero-order valence-corrected chi connectivity index (χ0v) is 12.1. The first-order valence-corrected chi connectivity index (χ1v) is 6.90. The van der Waals surface area contributed by atoms with Crippen molar-refractivity contribution in [1.82, 2.24) is 20.2 Å². The van der Waals surface area contributed by atoms with Crippen molar-refractivity contribution in [3.63, 3.8) is 0 Å². The van der Waals surface area contributed by atoms with Gasteiger partial charge in [-0.2, -0.15) is 0 Å². The van der Waals surface area contributed by atoms with E-state index in [1.165, 1.54) is 6.42 Å². The van der Waals surface area contributed by atoms with Gasteiger partial charge in [0.15, 0.2) is 0 Å². The summed E-state index contributed by atoms with van der Waals surface area (Å²) in [6.07, 6.45) is 2.35. The number of likely N-dealkylation sites (tertiary alicyclic amines) is 1. The van der Waals surface area contributed by atoms with Crippen LogP contribution in [-0.4, -0.2) is 47.5 Å². The average Bonchev–Trinajstić information content (AvgIpc) is 2.35. The predicted molar refractivity (Wildman–Crippen MR) is 74.3 cm³/mol. The minimum Gasteiger partial charge on any atom is -0.350 e. The predicted octanol–water partition coefficient (Wildman–Crippen LogP) is 1.51. The van der Waals surface area contributed by atoms with Gasteiger partial charge in [-0.15, -0.1) is 0 Å². The van der Waals surface area contributed by atoms with Gasteiger partial charge in [-0.3, -0.25) is 4.79 Å². The Labute approximate surface area is 118 Å². The second-order valence-corrected chi connectivity index (χ2v) is 5.48. The van der Waals surface area contributed by atoms with E-state index in [0.29, 0.717) is 23.9 Å². The van der Waals surface area contributed by atoms with Crippen LogP contribution < -0.4 is 5.32 Å². The van der Waals surface area contributed by atoms with Gasteiger partial charge in [0.2, 0.25) is 5.28 Å². The fourth-order valence-electron chi connectivity index (χ4n) is 2.42. The number of carbonyl (C=O) groups excluding carboxylic acids is 1. The average molecular weight is 283 g/mol. The second kappa shape index (κ2) is 6.30.